The number of hydrogen-bond donors (Lipinski definition) is 6. The maximum absolute atomic E-state index is 11.5. The molecule has 0 bridgehead atoms. The number of aliphatic hydroxyl groups is 6. The number of hydrogen-bond acceptors (Lipinski definition) is 8. The van der Waals surface area contributed by atoms with Crippen LogP contribution in [0, 0.1) is 0 Å². The second-order valence-corrected chi connectivity index (χ2v) is 5.25. The Kier molecular flexibility index (Phi) is 5.57. The second-order valence-electron chi connectivity index (χ2n) is 5.25. The average molecular weight is 306 g/mol. The lowest BCUT2D eigenvalue weighted by molar-refractivity contribution is -0.202. The molecule has 0 aromatic rings. The normalized spacial score (nSPS) is 26.6. The quantitative estimate of drug-likeness (QED) is 0.321. The van der Waals surface area contributed by atoms with E-state index in [-0.39, 0.29) is 6.42 Å². The molecule has 0 aromatic heterocycles. The fraction of sp³-hybridized carbons (Fsp3) is 0.769. The van der Waals surface area contributed by atoms with Gasteiger partial charge in [-0.25, -0.2) is 4.79 Å². The molecule has 0 aliphatic carbocycles. The summed E-state index contributed by atoms with van der Waals surface area (Å²) >= 11 is 0. The molecule has 1 rings (SSSR count). The van der Waals surface area contributed by atoms with Gasteiger partial charge in [-0.3, -0.25) is 0 Å². The van der Waals surface area contributed by atoms with E-state index in [1.807, 2.05) is 6.92 Å². The number of aliphatic hydroxyl groups excluding tert-OH is 5. The molecular formula is C13H22O8. The highest BCUT2D eigenvalue weighted by molar-refractivity contribution is 5.90. The smallest absolute Gasteiger partial charge is 0.378 e. The molecule has 0 saturated heterocycles. The van der Waals surface area contributed by atoms with E-state index in [4.69, 9.17) is 9.84 Å². The van der Waals surface area contributed by atoms with Gasteiger partial charge in [0, 0.05) is 6.42 Å². The van der Waals surface area contributed by atoms with Gasteiger partial charge in [0.2, 0.25) is 11.4 Å². The lowest BCUT2D eigenvalue weighted by atomic mass is 9.75. The van der Waals surface area contributed by atoms with Crippen molar-refractivity contribution in [2.75, 3.05) is 13.2 Å². The molecule has 6 N–H and O–H groups in total. The maximum atomic E-state index is 11.5. The zero-order chi connectivity index (χ0) is 16.3. The molecule has 0 aromatic carbocycles. The highest BCUT2D eigenvalue weighted by atomic mass is 16.6. The summed E-state index contributed by atoms with van der Waals surface area (Å²) in [4.78, 5) is 11.5. The summed E-state index contributed by atoms with van der Waals surface area (Å²) in [6.07, 6.45) is -0.926. The zero-order valence-corrected chi connectivity index (χ0v) is 11.8. The van der Waals surface area contributed by atoms with E-state index in [2.05, 4.69) is 0 Å². The Morgan fingerprint density at radius 3 is 2.33 bits per heavy atom. The van der Waals surface area contributed by atoms with E-state index < -0.39 is 54.4 Å². The zero-order valence-electron chi connectivity index (χ0n) is 11.8. The molecule has 0 saturated carbocycles. The number of esters is 1. The minimum absolute atomic E-state index is 0.0389. The van der Waals surface area contributed by atoms with Gasteiger partial charge in [-0.15, -0.1) is 0 Å². The van der Waals surface area contributed by atoms with Gasteiger partial charge >= 0.3 is 5.97 Å². The van der Waals surface area contributed by atoms with Crippen molar-refractivity contribution in [3.63, 3.8) is 0 Å². The summed E-state index contributed by atoms with van der Waals surface area (Å²) in [6.45, 7) is 0.263. The number of carbonyl (C=O) groups excluding carboxylic acids is 1. The van der Waals surface area contributed by atoms with Crippen LogP contribution in [0.1, 0.15) is 32.6 Å². The Balaban J connectivity index is 3.29. The third kappa shape index (κ3) is 2.98. The Morgan fingerprint density at radius 1 is 1.33 bits per heavy atom. The maximum Gasteiger partial charge on any atom is 0.378 e. The van der Waals surface area contributed by atoms with Crippen molar-refractivity contribution in [1.29, 1.82) is 0 Å². The van der Waals surface area contributed by atoms with Crippen molar-refractivity contribution in [1.82, 2.24) is 0 Å². The third-order valence-electron chi connectivity index (χ3n) is 3.76. The molecule has 1 aliphatic rings. The first-order valence-corrected chi connectivity index (χ1v) is 6.76. The number of unbranched alkanes of at least 4 members (excludes halogenated alkanes) is 1. The number of ether oxygens (including phenoxy) is 1. The van der Waals surface area contributed by atoms with Crippen LogP contribution in [0.2, 0.25) is 0 Å². The van der Waals surface area contributed by atoms with Crippen molar-refractivity contribution in [3.8, 4) is 0 Å². The van der Waals surface area contributed by atoms with Crippen molar-refractivity contribution < 1.29 is 40.2 Å². The summed E-state index contributed by atoms with van der Waals surface area (Å²) in [5.74, 6) is -3.29. The van der Waals surface area contributed by atoms with Gasteiger partial charge < -0.3 is 35.4 Å². The minimum Gasteiger partial charge on any atom is -0.505 e. The van der Waals surface area contributed by atoms with Crippen molar-refractivity contribution in [3.05, 3.63) is 11.5 Å². The van der Waals surface area contributed by atoms with Crippen LogP contribution in [-0.4, -0.2) is 67.1 Å². The molecule has 0 amide bonds. The van der Waals surface area contributed by atoms with E-state index in [1.165, 1.54) is 0 Å². The average Bonchev–Trinajstić information content (AvgIpc) is 2.69. The van der Waals surface area contributed by atoms with E-state index in [0.29, 0.717) is 12.8 Å². The molecule has 3 atom stereocenters. The fourth-order valence-electron chi connectivity index (χ4n) is 2.46. The van der Waals surface area contributed by atoms with Crippen LogP contribution in [-0.2, 0) is 9.53 Å². The summed E-state index contributed by atoms with van der Waals surface area (Å²) in [5, 5.41) is 58.2. The summed E-state index contributed by atoms with van der Waals surface area (Å²) in [6, 6.07) is 0. The highest BCUT2D eigenvalue weighted by Gasteiger charge is 2.62. The van der Waals surface area contributed by atoms with Crippen LogP contribution in [0.15, 0.2) is 11.5 Å². The van der Waals surface area contributed by atoms with Crippen LogP contribution in [0.25, 0.3) is 0 Å². The molecule has 0 spiro atoms. The largest absolute Gasteiger partial charge is 0.505 e. The molecule has 0 fully saturated rings. The first kappa shape index (κ1) is 17.7. The molecule has 8 nitrogen and oxygen atoms in total. The Hall–Kier alpha value is -1.35. The van der Waals surface area contributed by atoms with Gasteiger partial charge in [-0.1, -0.05) is 19.8 Å². The van der Waals surface area contributed by atoms with Gasteiger partial charge in [-0.2, -0.15) is 0 Å². The van der Waals surface area contributed by atoms with Gasteiger partial charge in [-0.05, 0) is 6.42 Å². The number of carbonyl (C=O) groups is 1. The Labute approximate surface area is 121 Å². The lowest BCUT2D eigenvalue weighted by Crippen LogP contribution is -2.60. The van der Waals surface area contributed by atoms with Gasteiger partial charge in [0.15, 0.2) is 5.76 Å². The second kappa shape index (κ2) is 6.61. The minimum atomic E-state index is -2.19. The first-order chi connectivity index (χ1) is 9.78. The van der Waals surface area contributed by atoms with Gasteiger partial charge in [0.05, 0.1) is 19.3 Å². The summed E-state index contributed by atoms with van der Waals surface area (Å²) < 4.78 is 4.90. The molecule has 1 unspecified atom stereocenters. The molecule has 1 heterocycles. The predicted octanol–water partition coefficient (Wildman–Crippen LogP) is -0.734. The standard InChI is InChI=1S/C13H22O8/c1-2-3-4-12(20,7-15)13(5-8(16)6-14)10(18)9(17)11(19)21-13/h8,14-18,20H,2-7H2,1H3/t8?,12-,13-/m0/s1. The Morgan fingerprint density at radius 2 is 1.95 bits per heavy atom. The molecule has 0 radical (unpaired) electrons. The van der Waals surface area contributed by atoms with Crippen LogP contribution in [0.5, 0.6) is 0 Å². The summed E-state index contributed by atoms with van der Waals surface area (Å²) in [7, 11) is 0. The first-order valence-electron chi connectivity index (χ1n) is 6.76. The third-order valence-corrected chi connectivity index (χ3v) is 3.76. The number of cyclic esters (lactones) is 1. The lowest BCUT2D eigenvalue weighted by Gasteiger charge is -2.42. The van der Waals surface area contributed by atoms with Crippen LogP contribution >= 0.6 is 0 Å². The van der Waals surface area contributed by atoms with E-state index in [1.54, 1.807) is 0 Å². The molecule has 1 aliphatic heterocycles. The monoisotopic (exact) mass is 306 g/mol. The van der Waals surface area contributed by atoms with Gasteiger partial charge in [0.25, 0.3) is 0 Å². The predicted molar refractivity (Wildman–Crippen MR) is 70.4 cm³/mol. The van der Waals surface area contributed by atoms with E-state index in [0.717, 1.165) is 0 Å². The fourth-order valence-corrected chi connectivity index (χ4v) is 2.46. The van der Waals surface area contributed by atoms with Gasteiger partial charge in [0.1, 0.15) is 5.60 Å². The highest BCUT2D eigenvalue weighted by Crippen LogP contribution is 2.44. The van der Waals surface area contributed by atoms with Crippen molar-refractivity contribution in [2.45, 2.75) is 49.9 Å². The number of rotatable bonds is 8. The van der Waals surface area contributed by atoms with Crippen molar-refractivity contribution >= 4 is 5.97 Å². The molecule has 8 heteroatoms. The van der Waals surface area contributed by atoms with Crippen LogP contribution in [0.3, 0.4) is 0 Å². The molecule has 122 valence electrons. The van der Waals surface area contributed by atoms with E-state index >= 15 is 0 Å². The van der Waals surface area contributed by atoms with Crippen molar-refractivity contribution in [2.24, 2.45) is 0 Å². The topological polar surface area (TPSA) is 148 Å². The van der Waals surface area contributed by atoms with Crippen LogP contribution < -0.4 is 0 Å². The van der Waals surface area contributed by atoms with E-state index in [9.17, 15) is 30.3 Å². The Bertz CT molecular complexity index is 420. The molecule has 21 heavy (non-hydrogen) atoms. The summed E-state index contributed by atoms with van der Waals surface area (Å²) in [5.41, 5.74) is -4.29. The SMILES string of the molecule is CCCC[C@](O)(CO)[C@@]1(CC(O)CO)OC(=O)C(O)=C1O. The van der Waals surface area contributed by atoms with Crippen LogP contribution in [0.4, 0.5) is 0 Å². The molecular weight excluding hydrogens is 284 g/mol.